The fraction of sp³-hybridized carbons (Fsp3) is 0.182. The van der Waals surface area contributed by atoms with Gasteiger partial charge in [0.1, 0.15) is 5.82 Å². The van der Waals surface area contributed by atoms with Crippen LogP contribution in [0.2, 0.25) is 0 Å². The number of rotatable bonds is 4. The number of nitrogens with zero attached hydrogens (tertiary/aromatic N) is 1. The van der Waals surface area contributed by atoms with Crippen molar-refractivity contribution in [1.82, 2.24) is 9.97 Å². The molecule has 0 spiro atoms. The molecule has 2 rings (SSSR count). The molecule has 0 saturated carbocycles. The maximum atomic E-state index is 13.0. The molecule has 20 heavy (non-hydrogen) atoms. The molecule has 0 radical (unpaired) electrons. The molecule has 9 heteroatoms. The topological polar surface area (TPSA) is 74.8 Å². The van der Waals surface area contributed by atoms with Crippen LogP contribution < -0.4 is 4.72 Å². The number of aromatic amines is 1. The van der Waals surface area contributed by atoms with Crippen molar-refractivity contribution in [3.05, 3.63) is 41.6 Å². The number of nitrogens with one attached hydrogen (secondary N) is 2. The third-order valence-electron chi connectivity index (χ3n) is 2.47. The number of aromatic nitrogens is 2. The summed E-state index contributed by atoms with van der Waals surface area (Å²) in [6.07, 6.45) is 1.58. The number of benzene rings is 1. The number of anilines is 1. The number of hydrogen-bond donors (Lipinski definition) is 2. The van der Waals surface area contributed by atoms with E-state index < -0.39 is 33.2 Å². The summed E-state index contributed by atoms with van der Waals surface area (Å²) in [6.45, 7) is 1.77. The summed E-state index contributed by atoms with van der Waals surface area (Å²) in [4.78, 5) is 6.35. The molecule has 0 atom stereocenters. The molecule has 1 aromatic carbocycles. The Kier molecular flexibility index (Phi) is 3.71. The fourth-order valence-electron chi connectivity index (χ4n) is 1.48. The van der Waals surface area contributed by atoms with E-state index in [4.69, 9.17) is 0 Å². The van der Waals surface area contributed by atoms with Crippen LogP contribution in [-0.2, 0) is 16.4 Å². The Balaban J connectivity index is 2.33. The summed E-state index contributed by atoms with van der Waals surface area (Å²) in [6, 6.07) is 1.10. The van der Waals surface area contributed by atoms with Gasteiger partial charge < -0.3 is 4.98 Å². The molecule has 0 fully saturated rings. The van der Waals surface area contributed by atoms with Gasteiger partial charge in [-0.15, -0.1) is 0 Å². The van der Waals surface area contributed by atoms with E-state index in [1.807, 2.05) is 4.72 Å². The molecule has 0 aliphatic carbocycles. The molecular formula is C11H10F3N3O2S. The van der Waals surface area contributed by atoms with E-state index in [0.717, 1.165) is 6.20 Å². The van der Waals surface area contributed by atoms with Crippen molar-refractivity contribution >= 4 is 15.7 Å². The highest BCUT2D eigenvalue weighted by atomic mass is 32.2. The van der Waals surface area contributed by atoms with Gasteiger partial charge in [-0.05, 0) is 0 Å². The van der Waals surface area contributed by atoms with Crippen LogP contribution in [0.5, 0.6) is 0 Å². The number of imidazole rings is 1. The number of halogens is 3. The number of H-pyrrole nitrogens is 1. The Morgan fingerprint density at radius 3 is 2.35 bits per heavy atom. The van der Waals surface area contributed by atoms with Gasteiger partial charge in [0.2, 0.25) is 0 Å². The van der Waals surface area contributed by atoms with E-state index in [9.17, 15) is 21.6 Å². The number of aryl methyl sites for hydroxylation is 1. The van der Waals surface area contributed by atoms with Crippen molar-refractivity contribution in [2.24, 2.45) is 0 Å². The second-order valence-electron chi connectivity index (χ2n) is 3.91. The zero-order valence-electron chi connectivity index (χ0n) is 10.2. The van der Waals surface area contributed by atoms with E-state index >= 15 is 0 Å². The smallest absolute Gasteiger partial charge is 0.278 e. The van der Waals surface area contributed by atoms with Gasteiger partial charge >= 0.3 is 0 Å². The lowest BCUT2D eigenvalue weighted by Crippen LogP contribution is -2.14. The lowest BCUT2D eigenvalue weighted by molar-refractivity contribution is 0.448. The van der Waals surface area contributed by atoms with Crippen LogP contribution in [0.15, 0.2) is 23.4 Å². The SMILES string of the molecule is CCc1ncc(S(=O)(=O)Nc2cc(F)c(F)c(F)c2)[nH]1. The van der Waals surface area contributed by atoms with Crippen LogP contribution in [0, 0.1) is 17.5 Å². The van der Waals surface area contributed by atoms with Gasteiger partial charge in [0.25, 0.3) is 10.0 Å². The zero-order chi connectivity index (χ0) is 14.9. The monoisotopic (exact) mass is 305 g/mol. The average Bonchev–Trinajstić information content (AvgIpc) is 2.85. The molecule has 2 N–H and O–H groups in total. The Morgan fingerprint density at radius 1 is 1.25 bits per heavy atom. The highest BCUT2D eigenvalue weighted by Crippen LogP contribution is 2.20. The first-order chi connectivity index (χ1) is 9.33. The third kappa shape index (κ3) is 2.77. The lowest BCUT2D eigenvalue weighted by atomic mass is 10.3. The molecule has 0 saturated heterocycles. The fourth-order valence-corrected chi connectivity index (χ4v) is 2.47. The van der Waals surface area contributed by atoms with Crippen LogP contribution in [0.25, 0.3) is 0 Å². The predicted octanol–water partition coefficient (Wildman–Crippen LogP) is 2.19. The van der Waals surface area contributed by atoms with Gasteiger partial charge in [-0.2, -0.15) is 8.42 Å². The maximum Gasteiger partial charge on any atom is 0.278 e. The van der Waals surface area contributed by atoms with Crippen LogP contribution in [0.3, 0.4) is 0 Å². The second kappa shape index (κ2) is 5.16. The first-order valence-electron chi connectivity index (χ1n) is 5.54. The molecule has 1 aromatic heterocycles. The van der Waals surface area contributed by atoms with Crippen molar-refractivity contribution < 1.29 is 21.6 Å². The minimum absolute atomic E-state index is 0.250. The molecule has 0 amide bonds. The van der Waals surface area contributed by atoms with Gasteiger partial charge in [0.15, 0.2) is 22.5 Å². The van der Waals surface area contributed by atoms with Crippen molar-refractivity contribution in [3.63, 3.8) is 0 Å². The zero-order valence-corrected chi connectivity index (χ0v) is 11.1. The molecule has 0 aliphatic heterocycles. The van der Waals surface area contributed by atoms with E-state index in [2.05, 4.69) is 9.97 Å². The standard InChI is InChI=1S/C11H10F3N3O2S/c1-2-9-15-5-10(16-9)20(18,19)17-6-3-7(12)11(14)8(13)4-6/h3-5,17H,2H2,1H3,(H,15,16). The van der Waals surface area contributed by atoms with E-state index in [0.29, 0.717) is 24.4 Å². The summed E-state index contributed by atoms with van der Waals surface area (Å²) in [7, 11) is -4.07. The van der Waals surface area contributed by atoms with Crippen molar-refractivity contribution in [2.75, 3.05) is 4.72 Å². The van der Waals surface area contributed by atoms with Gasteiger partial charge in [0.05, 0.1) is 11.9 Å². The maximum absolute atomic E-state index is 13.0. The molecule has 0 aliphatic rings. The summed E-state index contributed by atoms with van der Waals surface area (Å²) in [5.74, 6) is -4.19. The van der Waals surface area contributed by atoms with Gasteiger partial charge in [-0.1, -0.05) is 6.92 Å². The second-order valence-corrected chi connectivity index (χ2v) is 5.56. The van der Waals surface area contributed by atoms with Crippen LogP contribution >= 0.6 is 0 Å². The average molecular weight is 305 g/mol. The molecule has 1 heterocycles. The van der Waals surface area contributed by atoms with Crippen LogP contribution in [-0.4, -0.2) is 18.4 Å². The number of sulfonamides is 1. The van der Waals surface area contributed by atoms with Crippen molar-refractivity contribution in [1.29, 1.82) is 0 Å². The molecule has 0 unspecified atom stereocenters. The lowest BCUT2D eigenvalue weighted by Gasteiger charge is -2.07. The Bertz CT molecular complexity index is 720. The van der Waals surface area contributed by atoms with Crippen LogP contribution in [0.4, 0.5) is 18.9 Å². The first kappa shape index (κ1) is 14.4. The summed E-state index contributed by atoms with van der Waals surface area (Å²) in [5, 5.41) is -0.250. The van der Waals surface area contributed by atoms with Crippen LogP contribution in [0.1, 0.15) is 12.7 Å². The molecule has 108 valence electrons. The molecular weight excluding hydrogens is 295 g/mol. The minimum Gasteiger partial charge on any atom is -0.332 e. The summed E-state index contributed by atoms with van der Waals surface area (Å²) < 4.78 is 64.6. The van der Waals surface area contributed by atoms with Gasteiger partial charge in [-0.3, -0.25) is 4.72 Å². The normalized spacial score (nSPS) is 11.6. The Morgan fingerprint density at radius 2 is 1.85 bits per heavy atom. The summed E-state index contributed by atoms with van der Waals surface area (Å²) >= 11 is 0. The summed E-state index contributed by atoms with van der Waals surface area (Å²) in [5.41, 5.74) is -0.422. The highest BCUT2D eigenvalue weighted by molar-refractivity contribution is 7.92. The minimum atomic E-state index is -4.07. The molecule has 2 aromatic rings. The van der Waals surface area contributed by atoms with Crippen molar-refractivity contribution in [2.45, 2.75) is 18.4 Å². The van der Waals surface area contributed by atoms with Gasteiger partial charge in [-0.25, -0.2) is 18.2 Å². The number of hydrogen-bond acceptors (Lipinski definition) is 3. The highest BCUT2D eigenvalue weighted by Gasteiger charge is 2.19. The predicted molar refractivity (Wildman–Crippen MR) is 65.1 cm³/mol. The third-order valence-corrected chi connectivity index (χ3v) is 3.76. The quantitative estimate of drug-likeness (QED) is 0.850. The van der Waals surface area contributed by atoms with Crippen molar-refractivity contribution in [3.8, 4) is 0 Å². The molecule has 5 nitrogen and oxygen atoms in total. The molecule has 0 bridgehead atoms. The van der Waals surface area contributed by atoms with E-state index in [1.54, 1.807) is 6.92 Å². The van der Waals surface area contributed by atoms with E-state index in [1.165, 1.54) is 0 Å². The first-order valence-corrected chi connectivity index (χ1v) is 7.03. The largest absolute Gasteiger partial charge is 0.332 e. The Labute approximate surface area is 112 Å². The van der Waals surface area contributed by atoms with E-state index in [-0.39, 0.29) is 5.03 Å². The Hall–Kier alpha value is -2.03. The van der Waals surface area contributed by atoms with Gasteiger partial charge in [0, 0.05) is 18.6 Å².